The number of rotatable bonds is 7. The van der Waals surface area contributed by atoms with E-state index < -0.39 is 20.6 Å². The first kappa shape index (κ1) is 25.8. The van der Waals surface area contributed by atoms with E-state index in [2.05, 4.69) is 15.1 Å². The Bertz CT molecular complexity index is 1910. The number of halogens is 1. The van der Waals surface area contributed by atoms with Crippen molar-refractivity contribution in [3.05, 3.63) is 57.8 Å². The molecule has 0 radical (unpaired) electrons. The van der Waals surface area contributed by atoms with Gasteiger partial charge in [-0.1, -0.05) is 19.9 Å². The molecule has 0 aliphatic carbocycles. The predicted molar refractivity (Wildman–Crippen MR) is 144 cm³/mol. The predicted octanol–water partition coefficient (Wildman–Crippen LogP) is 4.42. The number of nitrogens with zero attached hydrogens (tertiary/aromatic N) is 3. The number of nitrogens with one attached hydrogen (secondary N) is 1. The van der Waals surface area contributed by atoms with Crippen LogP contribution in [0, 0.1) is 12.7 Å². The Balaban J connectivity index is 2.01. The molecule has 0 bridgehead atoms. The van der Waals surface area contributed by atoms with Crippen molar-refractivity contribution in [1.29, 1.82) is 0 Å². The molecule has 0 saturated carbocycles. The number of aromatic nitrogens is 4. The SMILES string of the molecule is CCc1c(F)ccc2cc(OCOC)cc(-c3c(C)c4nc(S(=O)(=O)CC)[nH]c(=O)c4c4cn(C)nc34)c12. The lowest BCUT2D eigenvalue weighted by Gasteiger charge is -2.18. The maximum absolute atomic E-state index is 15.1. The highest BCUT2D eigenvalue weighted by atomic mass is 32.2. The van der Waals surface area contributed by atoms with Gasteiger partial charge in [-0.2, -0.15) is 5.10 Å². The van der Waals surface area contributed by atoms with Crippen LogP contribution in [-0.4, -0.2) is 47.8 Å². The van der Waals surface area contributed by atoms with E-state index in [1.807, 2.05) is 13.0 Å². The Morgan fingerprint density at radius 2 is 1.89 bits per heavy atom. The van der Waals surface area contributed by atoms with Crippen LogP contribution < -0.4 is 10.3 Å². The van der Waals surface area contributed by atoms with Crippen LogP contribution in [-0.2, 0) is 28.0 Å². The summed E-state index contributed by atoms with van der Waals surface area (Å²) in [6.45, 7) is 5.14. The third-order valence-electron chi connectivity index (χ3n) is 6.75. The summed E-state index contributed by atoms with van der Waals surface area (Å²) in [6, 6.07) is 6.72. The summed E-state index contributed by atoms with van der Waals surface area (Å²) < 4.78 is 52.8. The average Bonchev–Trinajstić information content (AvgIpc) is 3.27. The lowest BCUT2D eigenvalue weighted by molar-refractivity contribution is 0.0512. The number of methoxy groups -OCH3 is 1. The van der Waals surface area contributed by atoms with Gasteiger partial charge in [0.15, 0.2) is 6.79 Å². The molecule has 0 aliphatic rings. The first-order valence-corrected chi connectivity index (χ1v) is 13.8. The van der Waals surface area contributed by atoms with Crippen LogP contribution in [0.2, 0.25) is 0 Å². The van der Waals surface area contributed by atoms with Crippen molar-refractivity contribution in [3.63, 3.8) is 0 Å². The Labute approximate surface area is 218 Å². The molecule has 0 aliphatic heterocycles. The van der Waals surface area contributed by atoms with E-state index in [-0.39, 0.29) is 29.3 Å². The summed E-state index contributed by atoms with van der Waals surface area (Å²) in [5.74, 6) is -0.0568. The zero-order valence-corrected chi connectivity index (χ0v) is 22.5. The molecule has 9 nitrogen and oxygen atoms in total. The van der Waals surface area contributed by atoms with Gasteiger partial charge < -0.3 is 9.47 Å². The molecule has 0 unspecified atom stereocenters. The standard InChI is InChI=1S/C27H27FN4O5S/c1-6-17-20(28)9-8-15-10-16(37-13-36-5)11-18(22(15)17)21-14(3)24-23(19-12-32(4)31-25(19)21)26(33)30-27(29-24)38(34,35)7-2/h8-12H,6-7,13H2,1-5H3,(H,29,30,33). The maximum Gasteiger partial charge on any atom is 0.260 e. The molecule has 2 aromatic heterocycles. The van der Waals surface area contributed by atoms with Gasteiger partial charge in [0.25, 0.3) is 5.56 Å². The van der Waals surface area contributed by atoms with Gasteiger partial charge in [0.1, 0.15) is 17.1 Å². The molecule has 0 saturated heterocycles. The van der Waals surface area contributed by atoms with Gasteiger partial charge >= 0.3 is 0 Å². The lowest BCUT2D eigenvalue weighted by Crippen LogP contribution is -2.18. The fourth-order valence-electron chi connectivity index (χ4n) is 4.98. The molecule has 11 heteroatoms. The average molecular weight is 539 g/mol. The summed E-state index contributed by atoms with van der Waals surface area (Å²) >= 11 is 0. The molecule has 3 aromatic carbocycles. The topological polar surface area (TPSA) is 116 Å². The molecule has 5 rings (SSSR count). The van der Waals surface area contributed by atoms with Crippen LogP contribution in [0.25, 0.3) is 43.7 Å². The zero-order chi connectivity index (χ0) is 27.4. The van der Waals surface area contributed by atoms with Crippen LogP contribution in [0.5, 0.6) is 5.75 Å². The normalized spacial score (nSPS) is 12.2. The van der Waals surface area contributed by atoms with Gasteiger partial charge in [-0.3, -0.25) is 14.5 Å². The molecule has 0 amide bonds. The second-order valence-corrected chi connectivity index (χ2v) is 11.3. The fourth-order valence-corrected chi connectivity index (χ4v) is 5.73. The van der Waals surface area contributed by atoms with E-state index in [0.29, 0.717) is 50.7 Å². The molecule has 38 heavy (non-hydrogen) atoms. The van der Waals surface area contributed by atoms with Gasteiger partial charge in [0, 0.05) is 31.3 Å². The highest BCUT2D eigenvalue weighted by Crippen LogP contribution is 2.43. The summed E-state index contributed by atoms with van der Waals surface area (Å²) in [7, 11) is -0.545. The van der Waals surface area contributed by atoms with Gasteiger partial charge in [0.05, 0.1) is 16.7 Å². The number of aromatic amines is 1. The second kappa shape index (κ2) is 9.48. The third kappa shape index (κ3) is 4.02. The number of fused-ring (bicyclic) bond motifs is 4. The maximum atomic E-state index is 15.1. The van der Waals surface area contributed by atoms with E-state index in [4.69, 9.17) is 9.47 Å². The van der Waals surface area contributed by atoms with Crippen molar-refractivity contribution >= 4 is 42.4 Å². The quantitative estimate of drug-likeness (QED) is 0.241. The van der Waals surface area contributed by atoms with Gasteiger partial charge in [-0.25, -0.2) is 17.8 Å². The molecule has 2 heterocycles. The number of hydrogen-bond donors (Lipinski definition) is 1. The van der Waals surface area contributed by atoms with Gasteiger partial charge in [0.2, 0.25) is 15.0 Å². The first-order valence-electron chi connectivity index (χ1n) is 12.1. The number of ether oxygens (including phenoxy) is 2. The van der Waals surface area contributed by atoms with Crippen molar-refractivity contribution in [1.82, 2.24) is 19.7 Å². The molecule has 0 atom stereocenters. The Morgan fingerprint density at radius 3 is 2.58 bits per heavy atom. The summed E-state index contributed by atoms with van der Waals surface area (Å²) in [5, 5.41) is 6.45. The highest BCUT2D eigenvalue weighted by Gasteiger charge is 2.25. The minimum absolute atomic E-state index is 0.0116. The largest absolute Gasteiger partial charge is 0.468 e. The molecule has 5 aromatic rings. The minimum Gasteiger partial charge on any atom is -0.468 e. The van der Waals surface area contributed by atoms with E-state index >= 15 is 4.39 Å². The number of H-pyrrole nitrogens is 1. The first-order chi connectivity index (χ1) is 18.1. The Hall–Kier alpha value is -3.83. The fraction of sp³-hybridized carbons (Fsp3) is 0.296. The smallest absolute Gasteiger partial charge is 0.260 e. The Morgan fingerprint density at radius 1 is 1.13 bits per heavy atom. The van der Waals surface area contributed by atoms with E-state index in [1.165, 1.54) is 20.1 Å². The number of sulfone groups is 1. The molecule has 0 spiro atoms. The van der Waals surface area contributed by atoms with Crippen molar-refractivity contribution in [2.45, 2.75) is 32.3 Å². The molecule has 198 valence electrons. The van der Waals surface area contributed by atoms with Crippen LogP contribution in [0.3, 0.4) is 0 Å². The van der Waals surface area contributed by atoms with Crippen molar-refractivity contribution in [2.75, 3.05) is 19.7 Å². The third-order valence-corrected chi connectivity index (χ3v) is 8.29. The van der Waals surface area contributed by atoms with Crippen LogP contribution in [0.15, 0.2) is 40.4 Å². The molecule has 1 N–H and O–H groups in total. The highest BCUT2D eigenvalue weighted by molar-refractivity contribution is 7.91. The number of aryl methyl sites for hydroxylation is 3. The minimum atomic E-state index is -3.79. The summed E-state index contributed by atoms with van der Waals surface area (Å²) in [4.78, 5) is 20.1. The van der Waals surface area contributed by atoms with Gasteiger partial charge in [-0.15, -0.1) is 0 Å². The van der Waals surface area contributed by atoms with E-state index in [9.17, 15) is 13.2 Å². The van der Waals surface area contributed by atoms with Crippen LogP contribution >= 0.6 is 0 Å². The van der Waals surface area contributed by atoms with Gasteiger partial charge in [-0.05, 0) is 59.0 Å². The molecular formula is C27H27FN4O5S. The number of benzene rings is 3. The van der Waals surface area contributed by atoms with Crippen molar-refractivity contribution in [3.8, 4) is 16.9 Å². The lowest BCUT2D eigenvalue weighted by atomic mass is 9.88. The van der Waals surface area contributed by atoms with Crippen LogP contribution in [0.1, 0.15) is 25.0 Å². The number of hydrogen-bond acceptors (Lipinski definition) is 7. The van der Waals surface area contributed by atoms with E-state index in [1.54, 1.807) is 37.0 Å². The Kier molecular flexibility index (Phi) is 6.44. The van der Waals surface area contributed by atoms with Crippen molar-refractivity contribution < 1.29 is 22.3 Å². The monoisotopic (exact) mass is 538 g/mol. The molecule has 0 fully saturated rings. The molecular weight excluding hydrogens is 511 g/mol. The summed E-state index contributed by atoms with van der Waals surface area (Å²) in [6.07, 6.45) is 2.13. The zero-order valence-electron chi connectivity index (χ0n) is 21.7. The summed E-state index contributed by atoms with van der Waals surface area (Å²) in [5.41, 5.74) is 2.48. The van der Waals surface area contributed by atoms with Crippen LogP contribution in [0.4, 0.5) is 4.39 Å². The van der Waals surface area contributed by atoms with Crippen molar-refractivity contribution in [2.24, 2.45) is 7.05 Å². The second-order valence-electron chi connectivity index (χ2n) is 9.06. The van der Waals surface area contributed by atoms with E-state index in [0.717, 1.165) is 5.39 Å².